The van der Waals surface area contributed by atoms with E-state index >= 15 is 0 Å². The van der Waals surface area contributed by atoms with E-state index in [1.807, 2.05) is 27.7 Å². The zero-order valence-corrected chi connectivity index (χ0v) is 18.0. The molecule has 0 fully saturated rings. The van der Waals surface area contributed by atoms with E-state index < -0.39 is 18.9 Å². The Morgan fingerprint density at radius 1 is 0.960 bits per heavy atom. The van der Waals surface area contributed by atoms with Gasteiger partial charge in [-0.1, -0.05) is 17.7 Å². The number of hydrogen-bond acceptors (Lipinski definition) is 7. The summed E-state index contributed by atoms with van der Waals surface area (Å²) in [6, 6.07) is 7.20. The topological polar surface area (TPSA) is 71.1 Å². The van der Waals surface area contributed by atoms with Crippen molar-refractivity contribution >= 4 is 31.0 Å². The zero-order chi connectivity index (χ0) is 18.8. The molecule has 0 atom stereocenters. The van der Waals surface area contributed by atoms with Crippen LogP contribution in [0.2, 0.25) is 6.04 Å². The minimum atomic E-state index is -3.74. The molecule has 0 saturated heterocycles. The summed E-state index contributed by atoms with van der Waals surface area (Å²) in [5.74, 6) is 0.507. The van der Waals surface area contributed by atoms with Crippen molar-refractivity contribution in [1.29, 1.82) is 0 Å². The highest BCUT2D eigenvalue weighted by atomic mass is 32.3. The Bertz CT molecular complexity index is 574. The molecule has 1 rings (SSSR count). The molecule has 0 unspecified atom stereocenters. The molecule has 0 radical (unpaired) electrons. The molecule has 6 nitrogen and oxygen atoms in total. The Labute approximate surface area is 156 Å². The van der Waals surface area contributed by atoms with Crippen molar-refractivity contribution in [2.24, 2.45) is 0 Å². The third kappa shape index (κ3) is 7.77. The van der Waals surface area contributed by atoms with Gasteiger partial charge in [0.15, 0.2) is 0 Å². The molecule has 0 saturated carbocycles. The highest BCUT2D eigenvalue weighted by Gasteiger charge is 2.39. The van der Waals surface area contributed by atoms with E-state index in [1.165, 1.54) is 0 Å². The average Bonchev–Trinajstić information content (AvgIpc) is 2.55. The van der Waals surface area contributed by atoms with Crippen LogP contribution in [0, 0.1) is 6.92 Å². The van der Waals surface area contributed by atoms with E-state index in [2.05, 4.69) is 0 Å². The van der Waals surface area contributed by atoms with E-state index in [1.54, 1.807) is 24.3 Å². The highest BCUT2D eigenvalue weighted by molar-refractivity contribution is 8.04. The molecule has 9 heteroatoms. The summed E-state index contributed by atoms with van der Waals surface area (Å²) in [6.45, 7) is 9.20. The van der Waals surface area contributed by atoms with Crippen LogP contribution in [0.15, 0.2) is 29.2 Å². The lowest BCUT2D eigenvalue weighted by Crippen LogP contribution is -2.46. The molecule has 0 aromatic heterocycles. The SMILES string of the molecule is CCO[Si](CCCSOS(=O)(=O)c1ccc(C)cc1)(OCC)OCC. The Morgan fingerprint density at radius 3 is 1.96 bits per heavy atom. The summed E-state index contributed by atoms with van der Waals surface area (Å²) in [5.41, 5.74) is 0.996. The van der Waals surface area contributed by atoms with Crippen LogP contribution in [0.5, 0.6) is 0 Å². The largest absolute Gasteiger partial charge is 0.500 e. The van der Waals surface area contributed by atoms with Crippen molar-refractivity contribution in [3.05, 3.63) is 29.8 Å². The minimum absolute atomic E-state index is 0.160. The van der Waals surface area contributed by atoms with Crippen molar-refractivity contribution in [1.82, 2.24) is 0 Å². The van der Waals surface area contributed by atoms with Gasteiger partial charge in [-0.2, -0.15) is 12.0 Å². The van der Waals surface area contributed by atoms with Crippen molar-refractivity contribution < 1.29 is 25.3 Å². The molecule has 25 heavy (non-hydrogen) atoms. The predicted octanol–water partition coefficient (Wildman–Crippen LogP) is 3.79. The fraction of sp³-hybridized carbons (Fsp3) is 0.625. The maximum absolute atomic E-state index is 12.1. The smallest absolute Gasteiger partial charge is 0.374 e. The van der Waals surface area contributed by atoms with Gasteiger partial charge in [-0.05, 0) is 46.2 Å². The molecule has 0 spiro atoms. The van der Waals surface area contributed by atoms with Gasteiger partial charge < -0.3 is 13.3 Å². The maximum Gasteiger partial charge on any atom is 0.500 e. The van der Waals surface area contributed by atoms with Crippen LogP contribution in [-0.2, 0) is 27.0 Å². The Morgan fingerprint density at radius 2 is 1.48 bits per heavy atom. The van der Waals surface area contributed by atoms with E-state index in [0.717, 1.165) is 17.6 Å². The predicted molar refractivity (Wildman–Crippen MR) is 102 cm³/mol. The lowest BCUT2D eigenvalue weighted by molar-refractivity contribution is 0.0712. The van der Waals surface area contributed by atoms with Gasteiger partial charge in [0.25, 0.3) is 0 Å². The zero-order valence-electron chi connectivity index (χ0n) is 15.3. The highest BCUT2D eigenvalue weighted by Crippen LogP contribution is 2.23. The molecule has 0 aliphatic rings. The Kier molecular flexibility index (Phi) is 10.2. The van der Waals surface area contributed by atoms with Crippen LogP contribution < -0.4 is 0 Å². The molecule has 0 aliphatic carbocycles. The summed E-state index contributed by atoms with van der Waals surface area (Å²) >= 11 is 0.922. The lowest BCUT2D eigenvalue weighted by atomic mass is 10.2. The van der Waals surface area contributed by atoms with Crippen LogP contribution in [0.4, 0.5) is 0 Å². The quantitative estimate of drug-likeness (QED) is 0.279. The van der Waals surface area contributed by atoms with E-state index in [9.17, 15) is 8.42 Å². The fourth-order valence-corrected chi connectivity index (χ4v) is 6.88. The molecular formula is C16H28O6S2Si. The van der Waals surface area contributed by atoms with Crippen molar-refractivity contribution in [2.75, 3.05) is 25.6 Å². The number of hydrogen-bond donors (Lipinski definition) is 0. The Hall–Kier alpha value is -0.423. The van der Waals surface area contributed by atoms with Gasteiger partial charge in [-0.15, -0.1) is 0 Å². The van der Waals surface area contributed by atoms with Gasteiger partial charge in [0.1, 0.15) is 0 Å². The molecular weight excluding hydrogens is 380 g/mol. The van der Waals surface area contributed by atoms with Gasteiger partial charge >= 0.3 is 18.9 Å². The first kappa shape index (κ1) is 22.6. The second-order valence-corrected chi connectivity index (χ2v) is 10.5. The summed E-state index contributed by atoms with van der Waals surface area (Å²) in [6.07, 6.45) is 0.681. The first-order valence-electron chi connectivity index (χ1n) is 8.43. The van der Waals surface area contributed by atoms with Crippen molar-refractivity contribution in [3.63, 3.8) is 0 Å². The number of aryl methyl sites for hydroxylation is 1. The molecule has 1 aromatic carbocycles. The molecule has 1 aromatic rings. The molecule has 0 N–H and O–H groups in total. The second kappa shape index (κ2) is 11.3. The van der Waals surface area contributed by atoms with E-state index in [4.69, 9.17) is 16.9 Å². The molecule has 0 amide bonds. The van der Waals surface area contributed by atoms with Crippen LogP contribution >= 0.6 is 12.0 Å². The monoisotopic (exact) mass is 408 g/mol. The van der Waals surface area contributed by atoms with Crippen molar-refractivity contribution in [3.8, 4) is 0 Å². The van der Waals surface area contributed by atoms with E-state index in [-0.39, 0.29) is 4.90 Å². The average molecular weight is 409 g/mol. The number of benzene rings is 1. The van der Waals surface area contributed by atoms with E-state index in [0.29, 0.717) is 38.0 Å². The Balaban J connectivity index is 2.48. The molecule has 0 bridgehead atoms. The summed E-state index contributed by atoms with van der Waals surface area (Å²) in [4.78, 5) is 0.160. The minimum Gasteiger partial charge on any atom is -0.374 e. The summed E-state index contributed by atoms with van der Waals surface area (Å²) < 4.78 is 46.5. The molecule has 144 valence electrons. The first-order valence-corrected chi connectivity index (χ1v) is 12.7. The van der Waals surface area contributed by atoms with Gasteiger partial charge in [0.05, 0.1) is 4.90 Å². The third-order valence-electron chi connectivity index (χ3n) is 3.25. The van der Waals surface area contributed by atoms with Gasteiger partial charge in [-0.3, -0.25) is 0 Å². The summed E-state index contributed by atoms with van der Waals surface area (Å²) in [5, 5.41) is 0. The van der Waals surface area contributed by atoms with Gasteiger partial charge in [0.2, 0.25) is 0 Å². The fourth-order valence-electron chi connectivity index (χ4n) is 2.19. The van der Waals surface area contributed by atoms with Crippen LogP contribution in [-0.4, -0.2) is 42.8 Å². The van der Waals surface area contributed by atoms with Crippen LogP contribution in [0.1, 0.15) is 32.8 Å². The second-order valence-electron chi connectivity index (χ2n) is 5.24. The first-order chi connectivity index (χ1) is 11.9. The molecule has 0 heterocycles. The van der Waals surface area contributed by atoms with Crippen molar-refractivity contribution in [2.45, 2.75) is 45.1 Å². The van der Waals surface area contributed by atoms with Gasteiger partial charge in [-0.25, -0.2) is 0 Å². The standard InChI is InChI=1S/C16H28O6S2Si/c1-5-19-25(20-6-2,21-7-3)14-8-13-23-22-24(17,18)16-11-9-15(4)10-12-16/h9-12H,5-8,13-14H2,1-4H3. The summed E-state index contributed by atoms with van der Waals surface area (Å²) in [7, 11) is -6.42. The lowest BCUT2D eigenvalue weighted by Gasteiger charge is -2.28. The molecule has 0 aliphatic heterocycles. The van der Waals surface area contributed by atoms with Crippen LogP contribution in [0.25, 0.3) is 0 Å². The third-order valence-corrected chi connectivity index (χ3v) is 8.81. The normalized spacial score (nSPS) is 12.5. The van der Waals surface area contributed by atoms with Crippen LogP contribution in [0.3, 0.4) is 0 Å². The maximum atomic E-state index is 12.1. The van der Waals surface area contributed by atoms with Gasteiger partial charge in [0, 0.05) is 43.7 Å². The number of rotatable bonds is 13.